The van der Waals surface area contributed by atoms with Gasteiger partial charge >= 0.3 is 0 Å². The van der Waals surface area contributed by atoms with Crippen molar-refractivity contribution in [2.45, 2.75) is 19.0 Å². The number of benzene rings is 1. The van der Waals surface area contributed by atoms with Gasteiger partial charge in [-0.25, -0.2) is 9.07 Å². The fourth-order valence-corrected chi connectivity index (χ4v) is 2.71. The van der Waals surface area contributed by atoms with Gasteiger partial charge in [0, 0.05) is 26.2 Å². The number of rotatable bonds is 5. The Morgan fingerprint density at radius 1 is 1.36 bits per heavy atom. The number of aryl methyl sites for hydroxylation is 1. The molecule has 1 fully saturated rings. The third-order valence-electron chi connectivity index (χ3n) is 3.70. The minimum absolute atomic E-state index is 0.0840. The summed E-state index contributed by atoms with van der Waals surface area (Å²) in [4.78, 5) is 14.3. The Balaban J connectivity index is 1.68. The molecule has 0 aliphatic carbocycles. The first-order valence-electron chi connectivity index (χ1n) is 7.22. The molecule has 1 aliphatic heterocycles. The van der Waals surface area contributed by atoms with Gasteiger partial charge in [0.1, 0.15) is 18.2 Å². The maximum atomic E-state index is 13.4. The third kappa shape index (κ3) is 3.28. The molecular formula is C14H17FN6O. The number of hydrogen-bond donors (Lipinski definition) is 1. The lowest BCUT2D eigenvalue weighted by molar-refractivity contribution is -0.129. The van der Waals surface area contributed by atoms with E-state index in [0.717, 1.165) is 13.0 Å². The largest absolute Gasteiger partial charge is 0.353 e. The Morgan fingerprint density at radius 2 is 2.27 bits per heavy atom. The normalized spacial score (nSPS) is 19.1. The summed E-state index contributed by atoms with van der Waals surface area (Å²) in [7, 11) is 0. The summed E-state index contributed by atoms with van der Waals surface area (Å²) in [6.07, 6.45) is 2.37. The minimum Gasteiger partial charge on any atom is -0.353 e. The van der Waals surface area contributed by atoms with Crippen molar-refractivity contribution in [3.8, 4) is 0 Å². The van der Waals surface area contributed by atoms with Crippen LogP contribution in [0.4, 0.5) is 4.39 Å². The van der Waals surface area contributed by atoms with Crippen molar-refractivity contribution < 1.29 is 9.18 Å². The van der Waals surface area contributed by atoms with Gasteiger partial charge in [-0.1, -0.05) is 12.1 Å². The molecule has 0 bridgehead atoms. The highest BCUT2D eigenvalue weighted by Crippen LogP contribution is 2.24. The zero-order valence-electron chi connectivity index (χ0n) is 12.0. The van der Waals surface area contributed by atoms with Crippen LogP contribution in [0.1, 0.15) is 18.0 Å². The van der Waals surface area contributed by atoms with Crippen molar-refractivity contribution in [1.29, 1.82) is 0 Å². The van der Waals surface area contributed by atoms with Crippen LogP contribution in [-0.4, -0.2) is 50.6 Å². The van der Waals surface area contributed by atoms with Crippen molar-refractivity contribution in [1.82, 2.24) is 30.4 Å². The van der Waals surface area contributed by atoms with Crippen LogP contribution in [0.3, 0.4) is 0 Å². The molecule has 0 saturated carbocycles. The van der Waals surface area contributed by atoms with E-state index in [4.69, 9.17) is 0 Å². The molecule has 1 aromatic heterocycles. The van der Waals surface area contributed by atoms with E-state index in [1.807, 2.05) is 0 Å². The molecule has 1 N–H and O–H groups in total. The van der Waals surface area contributed by atoms with E-state index in [9.17, 15) is 9.18 Å². The highest BCUT2D eigenvalue weighted by Gasteiger charge is 2.30. The van der Waals surface area contributed by atoms with Gasteiger partial charge in [-0.2, -0.15) is 0 Å². The van der Waals surface area contributed by atoms with E-state index < -0.39 is 6.04 Å². The summed E-state index contributed by atoms with van der Waals surface area (Å²) in [5.74, 6) is -0.413. The first-order valence-corrected chi connectivity index (χ1v) is 7.22. The number of nitrogens with zero attached hydrogens (tertiary/aromatic N) is 5. The number of tetrazole rings is 1. The van der Waals surface area contributed by atoms with E-state index >= 15 is 0 Å². The van der Waals surface area contributed by atoms with E-state index in [1.165, 1.54) is 12.1 Å². The zero-order valence-corrected chi connectivity index (χ0v) is 12.0. The lowest BCUT2D eigenvalue weighted by Gasteiger charge is -2.35. The summed E-state index contributed by atoms with van der Waals surface area (Å²) >= 11 is 0. The van der Waals surface area contributed by atoms with E-state index in [1.54, 1.807) is 23.1 Å². The summed E-state index contributed by atoms with van der Waals surface area (Å²) in [5.41, 5.74) is 0.680. The molecule has 0 radical (unpaired) electrons. The van der Waals surface area contributed by atoms with Crippen LogP contribution >= 0.6 is 0 Å². The summed E-state index contributed by atoms with van der Waals surface area (Å²) in [6.45, 7) is 2.74. The van der Waals surface area contributed by atoms with Crippen LogP contribution in [0, 0.1) is 5.82 Å². The van der Waals surface area contributed by atoms with Gasteiger partial charge in [0.15, 0.2) is 0 Å². The Hall–Kier alpha value is -2.35. The molecule has 8 heteroatoms. The van der Waals surface area contributed by atoms with Gasteiger partial charge < -0.3 is 5.32 Å². The summed E-state index contributed by atoms with van der Waals surface area (Å²) in [5, 5.41) is 13.8. The first-order chi connectivity index (χ1) is 10.7. The molecule has 1 saturated heterocycles. The van der Waals surface area contributed by atoms with Gasteiger partial charge in [-0.15, -0.1) is 5.10 Å². The molecule has 1 amide bonds. The van der Waals surface area contributed by atoms with Crippen LogP contribution in [0.5, 0.6) is 0 Å². The molecule has 1 aromatic carbocycles. The lowest BCUT2D eigenvalue weighted by atomic mass is 10.0. The maximum absolute atomic E-state index is 13.4. The minimum atomic E-state index is -0.446. The average molecular weight is 304 g/mol. The Morgan fingerprint density at radius 3 is 3.05 bits per heavy atom. The number of piperazine rings is 1. The fraction of sp³-hybridized carbons (Fsp3) is 0.429. The molecule has 0 unspecified atom stereocenters. The Labute approximate surface area is 127 Å². The van der Waals surface area contributed by atoms with Gasteiger partial charge in [0.2, 0.25) is 5.91 Å². The smallest absolute Gasteiger partial charge is 0.242 e. The first kappa shape index (κ1) is 14.6. The van der Waals surface area contributed by atoms with E-state index in [0.29, 0.717) is 25.2 Å². The van der Waals surface area contributed by atoms with Gasteiger partial charge in [0.25, 0.3) is 0 Å². The van der Waals surface area contributed by atoms with Crippen LogP contribution < -0.4 is 5.32 Å². The number of carbonyl (C=O) groups excluding carboxylic acids is 1. The maximum Gasteiger partial charge on any atom is 0.242 e. The van der Waals surface area contributed by atoms with Crippen LogP contribution in [-0.2, 0) is 11.3 Å². The zero-order chi connectivity index (χ0) is 15.4. The summed E-state index contributed by atoms with van der Waals surface area (Å²) < 4.78 is 15.1. The Kier molecular flexibility index (Phi) is 4.38. The molecule has 0 spiro atoms. The lowest BCUT2D eigenvalue weighted by Crippen LogP contribution is -2.50. The van der Waals surface area contributed by atoms with Crippen molar-refractivity contribution in [2.24, 2.45) is 0 Å². The number of halogens is 1. The standard InChI is InChI=1S/C14H17FN6O/c15-12-4-1-3-11(9-12)13-14(22)16-5-8-20(13)6-2-7-21-10-17-18-19-21/h1,3-4,9-10,13H,2,5-8H2,(H,16,22)/t13-/m1/s1. The molecule has 1 atom stereocenters. The van der Waals surface area contributed by atoms with E-state index in [-0.39, 0.29) is 11.7 Å². The average Bonchev–Trinajstić information content (AvgIpc) is 3.01. The molecular weight excluding hydrogens is 287 g/mol. The molecule has 3 rings (SSSR count). The fourth-order valence-electron chi connectivity index (χ4n) is 2.71. The number of amides is 1. The van der Waals surface area contributed by atoms with Gasteiger partial charge in [-0.05, 0) is 34.5 Å². The molecule has 1 aliphatic rings. The van der Waals surface area contributed by atoms with Crippen LogP contribution in [0.15, 0.2) is 30.6 Å². The topological polar surface area (TPSA) is 75.9 Å². The molecule has 7 nitrogen and oxygen atoms in total. The number of hydrogen-bond acceptors (Lipinski definition) is 5. The van der Waals surface area contributed by atoms with Crippen molar-refractivity contribution in [3.05, 3.63) is 42.0 Å². The highest BCUT2D eigenvalue weighted by molar-refractivity contribution is 5.83. The van der Waals surface area contributed by atoms with E-state index in [2.05, 4.69) is 25.7 Å². The number of aromatic nitrogens is 4. The predicted octanol–water partition coefficient (Wildman–Crippen LogP) is 0.375. The van der Waals surface area contributed by atoms with Gasteiger partial charge in [-0.3, -0.25) is 9.69 Å². The Bertz CT molecular complexity index is 632. The molecule has 22 heavy (non-hydrogen) atoms. The van der Waals surface area contributed by atoms with Crippen molar-refractivity contribution in [3.63, 3.8) is 0 Å². The monoisotopic (exact) mass is 304 g/mol. The van der Waals surface area contributed by atoms with Crippen molar-refractivity contribution >= 4 is 5.91 Å². The van der Waals surface area contributed by atoms with Crippen molar-refractivity contribution in [2.75, 3.05) is 19.6 Å². The molecule has 2 heterocycles. The number of carbonyl (C=O) groups is 1. The molecule has 116 valence electrons. The summed E-state index contributed by atoms with van der Waals surface area (Å²) in [6, 6.07) is 5.77. The second-order valence-electron chi connectivity index (χ2n) is 5.21. The van der Waals surface area contributed by atoms with Gasteiger partial charge in [0.05, 0.1) is 0 Å². The number of nitrogens with one attached hydrogen (secondary N) is 1. The highest BCUT2D eigenvalue weighted by atomic mass is 19.1. The molecule has 2 aromatic rings. The second-order valence-corrected chi connectivity index (χ2v) is 5.21. The van der Waals surface area contributed by atoms with Crippen LogP contribution in [0.2, 0.25) is 0 Å². The second kappa shape index (κ2) is 6.61. The quantitative estimate of drug-likeness (QED) is 0.864. The SMILES string of the molecule is O=C1NCCN(CCCn2cnnn2)[C@@H]1c1cccc(F)c1. The third-order valence-corrected chi connectivity index (χ3v) is 3.70. The predicted molar refractivity (Wildman–Crippen MR) is 76.2 cm³/mol. The van der Waals surface area contributed by atoms with Crippen LogP contribution in [0.25, 0.3) is 0 Å².